The summed E-state index contributed by atoms with van der Waals surface area (Å²) in [4.78, 5) is 21.0. The van der Waals surface area contributed by atoms with Crippen LogP contribution >= 0.6 is 12.6 Å². The molecule has 2 rings (SSSR count). The topological polar surface area (TPSA) is 98.2 Å². The van der Waals surface area contributed by atoms with Crippen LogP contribution in [0.4, 0.5) is 10.7 Å². The summed E-state index contributed by atoms with van der Waals surface area (Å²) in [5.41, 5.74) is 0. The van der Waals surface area contributed by atoms with Crippen LogP contribution < -0.4 is 0 Å². The third kappa shape index (κ3) is 2.62. The predicted molar refractivity (Wildman–Crippen MR) is 63.8 cm³/mol. The summed E-state index contributed by atoms with van der Waals surface area (Å²) >= 11 is 4.01. The SMILES string of the molecule is O=C1OC(CS)CN1/N=C/c1ccc([N+](=O)[O-])o1. The van der Waals surface area contributed by atoms with Crippen LogP contribution in [0.25, 0.3) is 0 Å². The second kappa shape index (κ2) is 5.08. The zero-order chi connectivity index (χ0) is 13.1. The molecule has 1 aliphatic rings. The van der Waals surface area contributed by atoms with Gasteiger partial charge in [-0.3, -0.25) is 10.1 Å². The predicted octanol–water partition coefficient (Wildman–Crippen LogP) is 1.27. The summed E-state index contributed by atoms with van der Waals surface area (Å²) in [6.07, 6.45) is 0.338. The average Bonchev–Trinajstić information content (AvgIpc) is 2.93. The lowest BCUT2D eigenvalue weighted by atomic mass is 10.4. The number of cyclic esters (lactones) is 1. The van der Waals surface area contributed by atoms with Gasteiger partial charge in [0.1, 0.15) is 11.0 Å². The van der Waals surface area contributed by atoms with Crippen molar-refractivity contribution in [1.82, 2.24) is 5.01 Å². The first-order valence-electron chi connectivity index (χ1n) is 4.97. The lowest BCUT2D eigenvalue weighted by molar-refractivity contribution is -0.402. The number of carbonyl (C=O) groups is 1. The number of rotatable bonds is 4. The van der Waals surface area contributed by atoms with Crippen molar-refractivity contribution < 1.29 is 18.9 Å². The van der Waals surface area contributed by atoms with Crippen molar-refractivity contribution >= 4 is 30.8 Å². The van der Waals surface area contributed by atoms with E-state index in [1.807, 2.05) is 0 Å². The minimum atomic E-state index is -0.654. The van der Waals surface area contributed by atoms with Gasteiger partial charge in [0, 0.05) is 5.75 Å². The molecule has 1 aromatic rings. The normalized spacial score (nSPS) is 19.5. The fourth-order valence-electron chi connectivity index (χ4n) is 1.33. The summed E-state index contributed by atoms with van der Waals surface area (Å²) in [5, 5.41) is 15.3. The van der Waals surface area contributed by atoms with Gasteiger partial charge < -0.3 is 9.15 Å². The van der Waals surface area contributed by atoms with Crippen LogP contribution in [0, 0.1) is 10.1 Å². The molecule has 8 nitrogen and oxygen atoms in total. The fourth-order valence-corrected chi connectivity index (χ4v) is 1.52. The van der Waals surface area contributed by atoms with Crippen molar-refractivity contribution in [3.05, 3.63) is 28.0 Å². The maximum Gasteiger partial charge on any atom is 0.433 e. The molecule has 1 amide bonds. The Morgan fingerprint density at radius 3 is 3.00 bits per heavy atom. The third-order valence-electron chi connectivity index (χ3n) is 2.18. The fraction of sp³-hybridized carbons (Fsp3) is 0.333. The van der Waals surface area contributed by atoms with Crippen LogP contribution in [-0.4, -0.2) is 40.6 Å². The van der Waals surface area contributed by atoms with Gasteiger partial charge in [0.2, 0.25) is 0 Å². The largest absolute Gasteiger partial charge is 0.442 e. The number of nitrogens with zero attached hydrogens (tertiary/aromatic N) is 3. The molecule has 0 spiro atoms. The molecular weight excluding hydrogens is 262 g/mol. The van der Waals surface area contributed by atoms with Crippen molar-refractivity contribution in [2.45, 2.75) is 6.10 Å². The zero-order valence-corrected chi connectivity index (χ0v) is 9.95. The zero-order valence-electron chi connectivity index (χ0n) is 9.05. The first-order chi connectivity index (χ1) is 8.60. The molecule has 1 atom stereocenters. The summed E-state index contributed by atoms with van der Waals surface area (Å²) in [5.74, 6) is 0.210. The molecule has 0 radical (unpaired) electrons. The number of amides is 1. The van der Waals surface area contributed by atoms with E-state index in [-0.39, 0.29) is 17.7 Å². The van der Waals surface area contributed by atoms with Crippen molar-refractivity contribution in [1.29, 1.82) is 0 Å². The van der Waals surface area contributed by atoms with E-state index in [2.05, 4.69) is 17.7 Å². The molecule has 0 aromatic carbocycles. The van der Waals surface area contributed by atoms with Crippen LogP contribution in [0.3, 0.4) is 0 Å². The van der Waals surface area contributed by atoms with Crippen LogP contribution in [0.5, 0.6) is 0 Å². The van der Waals surface area contributed by atoms with Crippen molar-refractivity contribution in [2.75, 3.05) is 12.3 Å². The summed E-state index contributed by atoms with van der Waals surface area (Å²) < 4.78 is 9.76. The van der Waals surface area contributed by atoms with Gasteiger partial charge in [-0.15, -0.1) is 0 Å². The van der Waals surface area contributed by atoms with Gasteiger partial charge in [-0.2, -0.15) is 22.7 Å². The van der Waals surface area contributed by atoms with Crippen molar-refractivity contribution in [3.63, 3.8) is 0 Å². The molecule has 18 heavy (non-hydrogen) atoms. The number of carbonyl (C=O) groups excluding carboxylic acids is 1. The van der Waals surface area contributed by atoms with E-state index in [0.29, 0.717) is 12.3 Å². The van der Waals surface area contributed by atoms with Gasteiger partial charge in [-0.25, -0.2) is 4.79 Å². The molecular formula is C9H9N3O5S. The first kappa shape index (κ1) is 12.4. The third-order valence-corrected chi connectivity index (χ3v) is 2.58. The van der Waals surface area contributed by atoms with Crippen molar-refractivity contribution in [2.24, 2.45) is 5.10 Å². The van der Waals surface area contributed by atoms with Gasteiger partial charge in [0.25, 0.3) is 0 Å². The summed E-state index contributed by atoms with van der Waals surface area (Å²) in [7, 11) is 0. The Balaban J connectivity index is 2.02. The number of furan rings is 1. The quantitative estimate of drug-likeness (QED) is 0.385. The molecule has 1 aliphatic heterocycles. The number of ether oxygens (including phenoxy) is 1. The van der Waals surface area contributed by atoms with E-state index in [9.17, 15) is 14.9 Å². The molecule has 0 bridgehead atoms. The molecule has 1 saturated heterocycles. The van der Waals surface area contributed by atoms with Crippen LogP contribution in [-0.2, 0) is 4.74 Å². The molecule has 1 fully saturated rings. The second-order valence-electron chi connectivity index (χ2n) is 3.45. The molecule has 0 N–H and O–H groups in total. The Bertz CT molecular complexity index is 500. The number of hydrogen-bond donors (Lipinski definition) is 1. The molecule has 2 heterocycles. The number of hydrazone groups is 1. The number of nitro groups is 1. The van der Waals surface area contributed by atoms with Gasteiger partial charge >= 0.3 is 12.0 Å². The Labute approximate surface area is 107 Å². The van der Waals surface area contributed by atoms with E-state index in [1.54, 1.807) is 0 Å². The Kier molecular flexibility index (Phi) is 3.51. The minimum Gasteiger partial charge on any atom is -0.442 e. The van der Waals surface area contributed by atoms with Crippen LogP contribution in [0.15, 0.2) is 21.7 Å². The Morgan fingerprint density at radius 2 is 2.44 bits per heavy atom. The van der Waals surface area contributed by atoms with Gasteiger partial charge in [-0.1, -0.05) is 0 Å². The first-order valence-corrected chi connectivity index (χ1v) is 5.60. The molecule has 0 aliphatic carbocycles. The molecule has 96 valence electrons. The lowest BCUT2D eigenvalue weighted by Crippen LogP contribution is -2.19. The van der Waals surface area contributed by atoms with E-state index in [0.717, 1.165) is 5.01 Å². The van der Waals surface area contributed by atoms with Gasteiger partial charge in [-0.05, 0) is 6.07 Å². The van der Waals surface area contributed by atoms with Crippen LogP contribution in [0.1, 0.15) is 5.76 Å². The average molecular weight is 271 g/mol. The molecule has 0 saturated carbocycles. The number of hydrogen-bond acceptors (Lipinski definition) is 7. The van der Waals surface area contributed by atoms with Gasteiger partial charge in [0.15, 0.2) is 5.76 Å². The van der Waals surface area contributed by atoms with E-state index < -0.39 is 11.0 Å². The highest BCUT2D eigenvalue weighted by molar-refractivity contribution is 7.80. The standard InChI is InChI=1S/C9H9N3O5S/c13-9-11(4-7(5-18)17-9)10-3-6-1-2-8(16-6)12(14)15/h1-3,7,18H,4-5H2/b10-3+. The number of thiol groups is 1. The Morgan fingerprint density at radius 1 is 1.67 bits per heavy atom. The summed E-state index contributed by atoms with van der Waals surface area (Å²) in [6.45, 7) is 0.293. The maximum atomic E-state index is 11.3. The maximum absolute atomic E-state index is 11.3. The van der Waals surface area contributed by atoms with Crippen LogP contribution in [0.2, 0.25) is 0 Å². The van der Waals surface area contributed by atoms with Crippen molar-refractivity contribution in [3.8, 4) is 0 Å². The monoisotopic (exact) mass is 271 g/mol. The van der Waals surface area contributed by atoms with E-state index >= 15 is 0 Å². The highest BCUT2D eigenvalue weighted by atomic mass is 32.1. The highest BCUT2D eigenvalue weighted by Gasteiger charge is 2.30. The summed E-state index contributed by atoms with van der Waals surface area (Å²) in [6, 6.07) is 2.60. The van der Waals surface area contributed by atoms with Gasteiger partial charge in [0.05, 0.1) is 18.8 Å². The second-order valence-corrected chi connectivity index (χ2v) is 3.81. The smallest absolute Gasteiger partial charge is 0.433 e. The Hall–Kier alpha value is -2.03. The van der Waals surface area contributed by atoms with E-state index in [1.165, 1.54) is 18.3 Å². The minimum absolute atomic E-state index is 0.184. The highest BCUT2D eigenvalue weighted by Crippen LogP contribution is 2.15. The molecule has 1 unspecified atom stereocenters. The molecule has 1 aromatic heterocycles. The van der Waals surface area contributed by atoms with E-state index in [4.69, 9.17) is 9.15 Å². The molecule has 9 heteroatoms. The lowest BCUT2D eigenvalue weighted by Gasteiger charge is -2.02.